The molecule has 0 saturated carbocycles. The second-order valence-electron chi connectivity index (χ2n) is 8.44. The Bertz CT molecular complexity index is 1190. The lowest BCUT2D eigenvalue weighted by atomic mass is 10.1. The zero-order chi connectivity index (χ0) is 22.1. The summed E-state index contributed by atoms with van der Waals surface area (Å²) in [4.78, 5) is 20.7. The number of hydrogen-bond donors (Lipinski definition) is 2. The van der Waals surface area contributed by atoms with Crippen molar-refractivity contribution in [2.24, 2.45) is 5.73 Å². The van der Waals surface area contributed by atoms with E-state index in [1.165, 1.54) is 6.33 Å². The van der Waals surface area contributed by atoms with E-state index >= 15 is 0 Å². The molecule has 1 saturated heterocycles. The molecule has 0 unspecified atom stereocenters. The van der Waals surface area contributed by atoms with E-state index < -0.39 is 0 Å². The third-order valence-electron chi connectivity index (χ3n) is 5.89. The van der Waals surface area contributed by atoms with Gasteiger partial charge >= 0.3 is 0 Å². The minimum Gasteiger partial charge on any atom is -0.364 e. The number of fused-ring (bicyclic) bond motifs is 1. The molecule has 5 rings (SSSR count). The van der Waals surface area contributed by atoms with E-state index in [0.29, 0.717) is 6.54 Å². The smallest absolute Gasteiger partial charge is 0.229 e. The van der Waals surface area contributed by atoms with Gasteiger partial charge in [-0.2, -0.15) is 15.1 Å². The first-order valence-electron chi connectivity index (χ1n) is 11.0. The molecule has 0 spiro atoms. The van der Waals surface area contributed by atoms with Crippen LogP contribution in [-0.4, -0.2) is 53.4 Å². The van der Waals surface area contributed by atoms with E-state index in [1.54, 1.807) is 11.0 Å². The van der Waals surface area contributed by atoms with Crippen molar-refractivity contribution < 1.29 is 0 Å². The third-order valence-corrected chi connectivity index (χ3v) is 5.89. The summed E-state index contributed by atoms with van der Waals surface area (Å²) in [6, 6.07) is 8.61. The summed E-state index contributed by atoms with van der Waals surface area (Å²) in [5.41, 5.74) is 9.77. The van der Waals surface area contributed by atoms with Crippen molar-refractivity contribution >= 4 is 22.9 Å². The monoisotopic (exact) mass is 432 g/mol. The number of imidazole rings is 1. The van der Waals surface area contributed by atoms with Gasteiger partial charge in [0.15, 0.2) is 17.0 Å². The van der Waals surface area contributed by atoms with Crippen LogP contribution in [0.15, 0.2) is 43.2 Å². The number of nitrogens with one attached hydrogen (secondary N) is 1. The molecule has 0 bridgehead atoms. The number of rotatable bonds is 6. The number of benzene rings is 1. The zero-order valence-electron chi connectivity index (χ0n) is 18.4. The van der Waals surface area contributed by atoms with E-state index in [4.69, 9.17) is 15.7 Å². The van der Waals surface area contributed by atoms with Gasteiger partial charge in [0.1, 0.15) is 12.7 Å². The van der Waals surface area contributed by atoms with E-state index in [9.17, 15) is 0 Å². The summed E-state index contributed by atoms with van der Waals surface area (Å²) in [5, 5.41) is 7.78. The van der Waals surface area contributed by atoms with Crippen molar-refractivity contribution in [3.8, 4) is 5.69 Å². The SMILES string of the molecule is CC(C)n1cnc2c(NCc3ccccc3-n3cncn3)nc(N3CCC(N)CC3)nc21. The van der Waals surface area contributed by atoms with E-state index in [0.717, 1.165) is 60.1 Å². The van der Waals surface area contributed by atoms with Gasteiger partial charge in [-0.15, -0.1) is 0 Å². The molecule has 10 heteroatoms. The Hall–Kier alpha value is -3.53. The molecule has 32 heavy (non-hydrogen) atoms. The summed E-state index contributed by atoms with van der Waals surface area (Å²) in [5.74, 6) is 1.45. The number of piperidine rings is 1. The number of para-hydroxylation sites is 1. The van der Waals surface area contributed by atoms with E-state index in [-0.39, 0.29) is 12.1 Å². The van der Waals surface area contributed by atoms with E-state index in [2.05, 4.69) is 49.8 Å². The normalized spacial score (nSPS) is 15.1. The molecule has 4 heterocycles. The molecule has 166 valence electrons. The lowest BCUT2D eigenvalue weighted by molar-refractivity contribution is 0.495. The quantitative estimate of drug-likeness (QED) is 0.478. The maximum absolute atomic E-state index is 6.10. The number of aromatic nitrogens is 7. The van der Waals surface area contributed by atoms with Gasteiger partial charge in [-0.3, -0.25) is 0 Å². The molecule has 3 N–H and O–H groups in total. The first-order chi connectivity index (χ1) is 15.6. The van der Waals surface area contributed by atoms with Gasteiger partial charge in [0.05, 0.1) is 12.0 Å². The number of nitrogens with two attached hydrogens (primary N) is 1. The van der Waals surface area contributed by atoms with Gasteiger partial charge in [-0.05, 0) is 38.3 Å². The summed E-state index contributed by atoms with van der Waals surface area (Å²) in [6.45, 7) is 6.55. The third kappa shape index (κ3) is 3.89. The van der Waals surface area contributed by atoms with Crippen molar-refractivity contribution in [1.29, 1.82) is 0 Å². The highest BCUT2D eigenvalue weighted by molar-refractivity contribution is 5.84. The standard InChI is InChI=1S/C22H28N10/c1-15(2)31-14-26-19-20(28-22(29-21(19)31)30-9-7-17(23)8-10-30)25-11-16-5-3-4-6-18(16)32-13-24-12-27-32/h3-6,12-15,17H,7-11,23H2,1-2H3,(H,25,28,29). The van der Waals surface area contributed by atoms with Gasteiger partial charge < -0.3 is 20.5 Å². The number of nitrogens with zero attached hydrogens (tertiary/aromatic N) is 8. The highest BCUT2D eigenvalue weighted by Crippen LogP contribution is 2.27. The fraction of sp³-hybridized carbons (Fsp3) is 0.409. The Labute approximate surface area is 186 Å². The molecule has 3 aromatic heterocycles. The van der Waals surface area contributed by atoms with Gasteiger partial charge in [0, 0.05) is 31.7 Å². The summed E-state index contributed by atoms with van der Waals surface area (Å²) in [7, 11) is 0. The van der Waals surface area contributed by atoms with Crippen molar-refractivity contribution in [2.75, 3.05) is 23.3 Å². The van der Waals surface area contributed by atoms with Crippen molar-refractivity contribution in [3.63, 3.8) is 0 Å². The Morgan fingerprint density at radius 3 is 2.69 bits per heavy atom. The molecule has 1 aliphatic rings. The molecule has 1 aliphatic heterocycles. The molecule has 0 atom stereocenters. The average molecular weight is 433 g/mol. The maximum atomic E-state index is 6.10. The molecule has 4 aromatic rings. The Morgan fingerprint density at radius 1 is 1.12 bits per heavy atom. The predicted molar refractivity (Wildman–Crippen MR) is 124 cm³/mol. The van der Waals surface area contributed by atoms with Crippen molar-refractivity contribution in [2.45, 2.75) is 45.3 Å². The van der Waals surface area contributed by atoms with Crippen LogP contribution in [0.1, 0.15) is 38.3 Å². The molecular formula is C22H28N10. The van der Waals surface area contributed by atoms with Gasteiger partial charge in [0.25, 0.3) is 0 Å². The molecule has 0 aliphatic carbocycles. The van der Waals surface area contributed by atoms with Crippen LogP contribution >= 0.6 is 0 Å². The van der Waals surface area contributed by atoms with Crippen LogP contribution in [-0.2, 0) is 6.54 Å². The zero-order valence-corrected chi connectivity index (χ0v) is 18.4. The van der Waals surface area contributed by atoms with Crippen LogP contribution < -0.4 is 16.0 Å². The molecule has 0 radical (unpaired) electrons. The van der Waals surface area contributed by atoms with Crippen LogP contribution in [0.2, 0.25) is 0 Å². The summed E-state index contributed by atoms with van der Waals surface area (Å²) < 4.78 is 3.85. The van der Waals surface area contributed by atoms with Crippen LogP contribution in [0.4, 0.5) is 11.8 Å². The van der Waals surface area contributed by atoms with Gasteiger partial charge in [0.2, 0.25) is 5.95 Å². The topological polar surface area (TPSA) is 116 Å². The maximum Gasteiger partial charge on any atom is 0.229 e. The summed E-state index contributed by atoms with van der Waals surface area (Å²) in [6.07, 6.45) is 6.96. The Kier molecular flexibility index (Phi) is 5.44. The van der Waals surface area contributed by atoms with Crippen LogP contribution in [0.3, 0.4) is 0 Å². The Balaban J connectivity index is 1.50. The van der Waals surface area contributed by atoms with Gasteiger partial charge in [-0.25, -0.2) is 14.6 Å². The minimum atomic E-state index is 0.249. The average Bonchev–Trinajstić information content (AvgIpc) is 3.48. The molecule has 1 fully saturated rings. The highest BCUT2D eigenvalue weighted by atomic mass is 15.3. The number of hydrogen-bond acceptors (Lipinski definition) is 8. The van der Waals surface area contributed by atoms with Crippen LogP contribution in [0.25, 0.3) is 16.9 Å². The fourth-order valence-corrected chi connectivity index (χ4v) is 4.04. The Morgan fingerprint density at radius 2 is 1.94 bits per heavy atom. The lowest BCUT2D eigenvalue weighted by Gasteiger charge is -2.30. The molecule has 0 amide bonds. The molecular weight excluding hydrogens is 404 g/mol. The van der Waals surface area contributed by atoms with Crippen LogP contribution in [0.5, 0.6) is 0 Å². The van der Waals surface area contributed by atoms with E-state index in [1.807, 2.05) is 24.5 Å². The van der Waals surface area contributed by atoms with Gasteiger partial charge in [-0.1, -0.05) is 18.2 Å². The first-order valence-corrected chi connectivity index (χ1v) is 11.0. The van der Waals surface area contributed by atoms with Crippen molar-refractivity contribution in [1.82, 2.24) is 34.3 Å². The lowest BCUT2D eigenvalue weighted by Crippen LogP contribution is -2.40. The second kappa shape index (κ2) is 8.54. The molecule has 10 nitrogen and oxygen atoms in total. The number of anilines is 2. The second-order valence-corrected chi connectivity index (χ2v) is 8.44. The predicted octanol–water partition coefficient (Wildman–Crippen LogP) is 2.53. The minimum absolute atomic E-state index is 0.249. The largest absolute Gasteiger partial charge is 0.364 e. The van der Waals surface area contributed by atoms with Crippen molar-refractivity contribution in [3.05, 3.63) is 48.8 Å². The fourth-order valence-electron chi connectivity index (χ4n) is 4.04. The van der Waals surface area contributed by atoms with Crippen LogP contribution in [0, 0.1) is 0 Å². The highest BCUT2D eigenvalue weighted by Gasteiger charge is 2.22. The molecule has 1 aromatic carbocycles. The summed E-state index contributed by atoms with van der Waals surface area (Å²) >= 11 is 0. The first kappa shape index (κ1) is 20.4.